The van der Waals surface area contributed by atoms with Crippen LogP contribution >= 0.6 is 0 Å². The highest BCUT2D eigenvalue weighted by molar-refractivity contribution is 5.70. The van der Waals surface area contributed by atoms with Gasteiger partial charge in [0.05, 0.1) is 5.92 Å². The Balaban J connectivity index is 2.72. The molecule has 0 aromatic heterocycles. The van der Waals surface area contributed by atoms with Crippen molar-refractivity contribution in [3.63, 3.8) is 0 Å². The molecule has 0 fully saturated rings. The number of carboxylic acids is 1. The van der Waals surface area contributed by atoms with Crippen LogP contribution in [0.1, 0.15) is 25.3 Å². The lowest BCUT2D eigenvalue weighted by atomic mass is 9.91. The summed E-state index contributed by atoms with van der Waals surface area (Å²) in [5.74, 6) is -7.91. The molecule has 0 aliphatic heterocycles. The summed E-state index contributed by atoms with van der Waals surface area (Å²) in [5.41, 5.74) is 4.79. The second kappa shape index (κ2) is 7.40. The molecular weight excluding hydrogens is 290 g/mol. The molecule has 1 rings (SSSR count). The maximum atomic E-state index is 13.5. The fourth-order valence-corrected chi connectivity index (χ4v) is 2.13. The van der Waals surface area contributed by atoms with Crippen molar-refractivity contribution >= 4 is 5.97 Å². The predicted octanol–water partition coefficient (Wildman–Crippen LogP) is 2.86. The Morgan fingerprint density at radius 3 is 2.38 bits per heavy atom. The van der Waals surface area contributed by atoms with Crippen molar-refractivity contribution in [3.8, 4) is 0 Å². The topological polar surface area (TPSA) is 63.3 Å². The van der Waals surface area contributed by atoms with E-state index in [9.17, 15) is 22.4 Å². The molecule has 0 saturated heterocycles. The van der Waals surface area contributed by atoms with E-state index in [1.165, 1.54) is 0 Å². The maximum Gasteiger partial charge on any atom is 0.307 e. The van der Waals surface area contributed by atoms with E-state index in [-0.39, 0.29) is 31.7 Å². The van der Waals surface area contributed by atoms with Crippen LogP contribution in [0, 0.1) is 35.1 Å². The van der Waals surface area contributed by atoms with Crippen LogP contribution in [0.3, 0.4) is 0 Å². The lowest BCUT2D eigenvalue weighted by Crippen LogP contribution is -2.25. The number of hydrogen-bond acceptors (Lipinski definition) is 2. The monoisotopic (exact) mass is 307 g/mol. The summed E-state index contributed by atoms with van der Waals surface area (Å²) in [7, 11) is 0. The summed E-state index contributed by atoms with van der Waals surface area (Å²) in [6.07, 6.45) is 0.342. The van der Waals surface area contributed by atoms with Gasteiger partial charge >= 0.3 is 5.97 Å². The van der Waals surface area contributed by atoms with Crippen LogP contribution in [-0.4, -0.2) is 17.6 Å². The highest BCUT2D eigenvalue weighted by atomic mass is 19.2. The molecule has 21 heavy (non-hydrogen) atoms. The third-order valence-corrected chi connectivity index (χ3v) is 3.42. The summed E-state index contributed by atoms with van der Waals surface area (Å²) < 4.78 is 52.7. The fraction of sp³-hybridized carbons (Fsp3) is 0.500. The fourth-order valence-electron chi connectivity index (χ4n) is 2.13. The normalized spacial score (nSPS) is 14.0. The van der Waals surface area contributed by atoms with Crippen LogP contribution in [0.25, 0.3) is 0 Å². The number of benzene rings is 1. The Bertz CT molecular complexity index is 522. The van der Waals surface area contributed by atoms with Gasteiger partial charge in [0.2, 0.25) is 0 Å². The van der Waals surface area contributed by atoms with E-state index >= 15 is 0 Å². The molecule has 0 amide bonds. The molecule has 118 valence electrons. The number of hydrogen-bond donors (Lipinski definition) is 2. The van der Waals surface area contributed by atoms with Gasteiger partial charge in [0, 0.05) is 18.2 Å². The van der Waals surface area contributed by atoms with Gasteiger partial charge in [-0.25, -0.2) is 17.6 Å². The zero-order chi connectivity index (χ0) is 16.2. The Hall–Kier alpha value is -1.63. The van der Waals surface area contributed by atoms with Gasteiger partial charge in [-0.1, -0.05) is 6.92 Å². The molecule has 0 saturated carbocycles. The van der Waals surface area contributed by atoms with Crippen LogP contribution < -0.4 is 5.73 Å². The van der Waals surface area contributed by atoms with Gasteiger partial charge < -0.3 is 10.8 Å². The summed E-state index contributed by atoms with van der Waals surface area (Å²) in [6.45, 7) is 1.68. The van der Waals surface area contributed by atoms with E-state index in [4.69, 9.17) is 10.8 Å². The van der Waals surface area contributed by atoms with Crippen molar-refractivity contribution in [1.82, 2.24) is 0 Å². The van der Waals surface area contributed by atoms with Crippen LogP contribution in [0.2, 0.25) is 0 Å². The average Bonchev–Trinajstić information content (AvgIpc) is 2.41. The van der Waals surface area contributed by atoms with Gasteiger partial charge in [-0.3, -0.25) is 4.79 Å². The van der Waals surface area contributed by atoms with Gasteiger partial charge in [0.25, 0.3) is 0 Å². The predicted molar refractivity (Wildman–Crippen MR) is 68.6 cm³/mol. The summed E-state index contributed by atoms with van der Waals surface area (Å²) in [5, 5.41) is 8.87. The number of nitrogens with two attached hydrogens (primary N) is 1. The van der Waals surface area contributed by atoms with Gasteiger partial charge in [0.15, 0.2) is 17.5 Å². The minimum atomic E-state index is -1.70. The van der Waals surface area contributed by atoms with Crippen molar-refractivity contribution < 1.29 is 27.5 Å². The van der Waals surface area contributed by atoms with E-state index in [2.05, 4.69) is 0 Å². The van der Waals surface area contributed by atoms with E-state index in [0.717, 1.165) is 0 Å². The molecule has 7 heteroatoms. The first-order chi connectivity index (χ1) is 9.77. The summed E-state index contributed by atoms with van der Waals surface area (Å²) in [6, 6.07) is 0.304. The Kier molecular flexibility index (Phi) is 6.14. The third-order valence-electron chi connectivity index (χ3n) is 3.42. The van der Waals surface area contributed by atoms with Crippen LogP contribution in [0.5, 0.6) is 0 Å². The molecule has 0 bridgehead atoms. The highest BCUT2D eigenvalue weighted by Gasteiger charge is 2.22. The first-order valence-electron chi connectivity index (χ1n) is 6.52. The molecule has 3 N–H and O–H groups in total. The largest absolute Gasteiger partial charge is 0.481 e. The first-order valence-corrected chi connectivity index (χ1v) is 6.52. The van der Waals surface area contributed by atoms with Crippen molar-refractivity contribution in [3.05, 3.63) is 34.9 Å². The first kappa shape index (κ1) is 17.4. The molecule has 0 spiro atoms. The smallest absolute Gasteiger partial charge is 0.307 e. The number of halogens is 4. The summed E-state index contributed by atoms with van der Waals surface area (Å²) >= 11 is 0. The third kappa shape index (κ3) is 4.42. The average molecular weight is 307 g/mol. The van der Waals surface area contributed by atoms with E-state index in [1.807, 2.05) is 0 Å². The Labute approximate surface area is 119 Å². The van der Waals surface area contributed by atoms with Crippen LogP contribution in [-0.2, 0) is 11.2 Å². The second-order valence-corrected chi connectivity index (χ2v) is 5.10. The molecule has 2 atom stereocenters. The van der Waals surface area contributed by atoms with E-state index < -0.39 is 40.7 Å². The number of rotatable bonds is 7. The van der Waals surface area contributed by atoms with Crippen molar-refractivity contribution in [2.45, 2.75) is 26.2 Å². The molecule has 2 unspecified atom stereocenters. The van der Waals surface area contributed by atoms with Gasteiger partial charge in [-0.05, 0) is 25.2 Å². The molecule has 1 aromatic rings. The maximum absolute atomic E-state index is 13.5. The minimum Gasteiger partial charge on any atom is -0.481 e. The van der Waals surface area contributed by atoms with Crippen LogP contribution in [0.15, 0.2) is 6.07 Å². The molecule has 0 aliphatic rings. The SMILES string of the molecule is CC(CCc1c(F)cc(F)c(F)c1F)CC(CN)C(=O)O. The second-order valence-electron chi connectivity index (χ2n) is 5.10. The number of aliphatic carboxylic acids is 1. The molecule has 3 nitrogen and oxygen atoms in total. The van der Waals surface area contributed by atoms with Crippen molar-refractivity contribution in [2.75, 3.05) is 6.54 Å². The van der Waals surface area contributed by atoms with Gasteiger partial charge in [0.1, 0.15) is 5.82 Å². The van der Waals surface area contributed by atoms with Gasteiger partial charge in [-0.15, -0.1) is 0 Å². The minimum absolute atomic E-state index is 0.0342. The highest BCUT2D eigenvalue weighted by Crippen LogP contribution is 2.23. The van der Waals surface area contributed by atoms with Gasteiger partial charge in [-0.2, -0.15) is 0 Å². The summed E-state index contributed by atoms with van der Waals surface area (Å²) in [4.78, 5) is 10.8. The lowest BCUT2D eigenvalue weighted by molar-refractivity contribution is -0.141. The van der Waals surface area contributed by atoms with Crippen molar-refractivity contribution in [1.29, 1.82) is 0 Å². The van der Waals surface area contributed by atoms with E-state index in [0.29, 0.717) is 6.07 Å². The Morgan fingerprint density at radius 1 is 1.24 bits per heavy atom. The quantitative estimate of drug-likeness (QED) is 0.462. The molecule has 0 radical (unpaired) electrons. The number of carboxylic acid groups (broad SMARTS) is 1. The van der Waals surface area contributed by atoms with Crippen molar-refractivity contribution in [2.24, 2.45) is 17.6 Å². The zero-order valence-electron chi connectivity index (χ0n) is 11.5. The lowest BCUT2D eigenvalue weighted by Gasteiger charge is -2.16. The molecule has 0 aliphatic carbocycles. The molecular formula is C14H17F4NO2. The zero-order valence-corrected chi connectivity index (χ0v) is 11.5. The van der Waals surface area contributed by atoms with E-state index in [1.54, 1.807) is 6.92 Å². The molecule has 1 aromatic carbocycles. The number of carbonyl (C=O) groups is 1. The van der Waals surface area contributed by atoms with Crippen LogP contribution in [0.4, 0.5) is 17.6 Å². The Morgan fingerprint density at radius 2 is 1.86 bits per heavy atom. The molecule has 0 heterocycles. The standard InChI is InChI=1S/C14H17F4NO2/c1-7(4-8(6-19)14(20)21)2-3-9-10(15)5-11(16)13(18)12(9)17/h5,7-8H,2-4,6,19H2,1H3,(H,20,21).